The molecule has 0 amide bonds. The van der Waals surface area contributed by atoms with Gasteiger partial charge in [0, 0.05) is 11.4 Å². The maximum Gasteiger partial charge on any atom is 0.0928 e. The van der Waals surface area contributed by atoms with Gasteiger partial charge < -0.3 is 4.90 Å². The van der Waals surface area contributed by atoms with Crippen molar-refractivity contribution in [3.63, 3.8) is 0 Å². The Balaban J connectivity index is 1.61. The zero-order valence-corrected chi connectivity index (χ0v) is 13.5. The van der Waals surface area contributed by atoms with Crippen LogP contribution >= 0.6 is 22.9 Å². The second-order valence-electron chi connectivity index (χ2n) is 5.44. The number of alkyl halides is 1. The molecule has 0 aliphatic heterocycles. The standard InChI is InChI=1S/C15H25ClN2S/c1-2-3-9-18(14-7-8-14)10-5-4-6-15-17-13(11-16)12-19-15/h12,14H,2-11H2,1H3. The minimum absolute atomic E-state index is 0.545. The molecule has 1 saturated carbocycles. The van der Waals surface area contributed by atoms with Crippen molar-refractivity contribution in [3.05, 3.63) is 16.1 Å². The smallest absolute Gasteiger partial charge is 0.0928 e. The monoisotopic (exact) mass is 300 g/mol. The van der Waals surface area contributed by atoms with E-state index in [1.165, 1.54) is 56.6 Å². The first-order valence-electron chi connectivity index (χ1n) is 7.56. The molecule has 1 fully saturated rings. The quantitative estimate of drug-likeness (QED) is 0.468. The van der Waals surface area contributed by atoms with Crippen LogP contribution in [0.25, 0.3) is 0 Å². The summed E-state index contributed by atoms with van der Waals surface area (Å²) in [7, 11) is 0. The number of aromatic nitrogens is 1. The van der Waals surface area contributed by atoms with Gasteiger partial charge in [-0.3, -0.25) is 0 Å². The van der Waals surface area contributed by atoms with Gasteiger partial charge in [-0.25, -0.2) is 4.98 Å². The third kappa shape index (κ3) is 5.41. The van der Waals surface area contributed by atoms with Crippen molar-refractivity contribution in [2.45, 2.75) is 63.8 Å². The number of halogens is 1. The highest BCUT2D eigenvalue weighted by Gasteiger charge is 2.27. The summed E-state index contributed by atoms with van der Waals surface area (Å²) in [4.78, 5) is 7.22. The van der Waals surface area contributed by atoms with E-state index in [-0.39, 0.29) is 0 Å². The molecule has 1 aliphatic rings. The summed E-state index contributed by atoms with van der Waals surface area (Å²) in [6.45, 7) is 4.86. The van der Waals surface area contributed by atoms with E-state index >= 15 is 0 Å². The van der Waals surface area contributed by atoms with Gasteiger partial charge in [-0.05, 0) is 51.6 Å². The summed E-state index contributed by atoms with van der Waals surface area (Å²) in [5.41, 5.74) is 1.03. The van der Waals surface area contributed by atoms with Crippen molar-refractivity contribution in [1.29, 1.82) is 0 Å². The molecule has 0 saturated heterocycles. The molecule has 0 radical (unpaired) electrons. The molecule has 4 heteroatoms. The molecule has 0 atom stereocenters. The number of aryl methyl sites for hydroxylation is 1. The van der Waals surface area contributed by atoms with Crippen molar-refractivity contribution >= 4 is 22.9 Å². The minimum Gasteiger partial charge on any atom is -0.300 e. The Labute approximate surface area is 126 Å². The van der Waals surface area contributed by atoms with Crippen LogP contribution < -0.4 is 0 Å². The lowest BCUT2D eigenvalue weighted by Crippen LogP contribution is -2.28. The first-order valence-corrected chi connectivity index (χ1v) is 8.98. The Kier molecular flexibility index (Phi) is 6.62. The highest BCUT2D eigenvalue weighted by Crippen LogP contribution is 2.27. The molecule has 0 bridgehead atoms. The summed E-state index contributed by atoms with van der Waals surface area (Å²) >= 11 is 7.53. The molecule has 0 unspecified atom stereocenters. The largest absolute Gasteiger partial charge is 0.300 e. The molecule has 0 N–H and O–H groups in total. The molecular weight excluding hydrogens is 276 g/mol. The van der Waals surface area contributed by atoms with Gasteiger partial charge in [0.05, 0.1) is 16.6 Å². The maximum absolute atomic E-state index is 5.77. The molecule has 1 aromatic rings. The van der Waals surface area contributed by atoms with E-state index in [1.807, 2.05) is 0 Å². The zero-order chi connectivity index (χ0) is 13.5. The van der Waals surface area contributed by atoms with Crippen LogP contribution in [0.5, 0.6) is 0 Å². The topological polar surface area (TPSA) is 16.1 Å². The van der Waals surface area contributed by atoms with Gasteiger partial charge in [0.2, 0.25) is 0 Å². The summed E-state index contributed by atoms with van der Waals surface area (Å²) < 4.78 is 0. The fraction of sp³-hybridized carbons (Fsp3) is 0.800. The Morgan fingerprint density at radius 1 is 1.32 bits per heavy atom. The van der Waals surface area contributed by atoms with E-state index in [0.29, 0.717) is 5.88 Å². The highest BCUT2D eigenvalue weighted by atomic mass is 35.5. The van der Waals surface area contributed by atoms with Crippen LogP contribution in [0.4, 0.5) is 0 Å². The molecule has 0 spiro atoms. The number of unbranched alkanes of at least 4 members (excludes halogenated alkanes) is 2. The van der Waals surface area contributed by atoms with E-state index in [0.717, 1.165) is 18.2 Å². The lowest BCUT2D eigenvalue weighted by molar-refractivity contribution is 0.254. The summed E-state index contributed by atoms with van der Waals surface area (Å²) in [5, 5.41) is 3.34. The predicted molar refractivity (Wildman–Crippen MR) is 84.1 cm³/mol. The third-order valence-corrected chi connectivity index (χ3v) is 4.92. The van der Waals surface area contributed by atoms with E-state index in [4.69, 9.17) is 11.6 Å². The Morgan fingerprint density at radius 2 is 2.11 bits per heavy atom. The predicted octanol–water partition coefficient (Wildman–Crippen LogP) is 4.47. The van der Waals surface area contributed by atoms with Crippen LogP contribution in [-0.2, 0) is 12.3 Å². The van der Waals surface area contributed by atoms with Gasteiger partial charge in [0.1, 0.15) is 0 Å². The molecule has 1 aromatic heterocycles. The second-order valence-corrected chi connectivity index (χ2v) is 6.65. The molecule has 2 nitrogen and oxygen atoms in total. The lowest BCUT2D eigenvalue weighted by Gasteiger charge is -2.21. The van der Waals surface area contributed by atoms with Gasteiger partial charge in [0.25, 0.3) is 0 Å². The fourth-order valence-corrected chi connectivity index (χ4v) is 3.46. The van der Waals surface area contributed by atoms with Crippen molar-refractivity contribution in [2.75, 3.05) is 13.1 Å². The van der Waals surface area contributed by atoms with Crippen molar-refractivity contribution < 1.29 is 0 Å². The molecule has 1 heterocycles. The average molecular weight is 301 g/mol. The van der Waals surface area contributed by atoms with Crippen molar-refractivity contribution in [1.82, 2.24) is 9.88 Å². The molecular formula is C15H25ClN2S. The Morgan fingerprint density at radius 3 is 2.74 bits per heavy atom. The minimum atomic E-state index is 0.545. The highest BCUT2D eigenvalue weighted by molar-refractivity contribution is 7.09. The molecule has 19 heavy (non-hydrogen) atoms. The van der Waals surface area contributed by atoms with Crippen LogP contribution in [0, 0.1) is 0 Å². The number of rotatable bonds is 10. The summed E-state index contributed by atoms with van der Waals surface area (Å²) in [6.07, 6.45) is 9.19. The van der Waals surface area contributed by atoms with Crippen LogP contribution in [0.3, 0.4) is 0 Å². The first kappa shape index (κ1) is 15.3. The Hall–Kier alpha value is -0.120. The van der Waals surface area contributed by atoms with Gasteiger partial charge in [-0.1, -0.05) is 13.3 Å². The van der Waals surface area contributed by atoms with Crippen molar-refractivity contribution in [3.8, 4) is 0 Å². The van der Waals surface area contributed by atoms with Crippen LogP contribution in [0.15, 0.2) is 5.38 Å². The number of nitrogens with zero attached hydrogens (tertiary/aromatic N) is 2. The summed E-state index contributed by atoms with van der Waals surface area (Å²) in [6, 6.07) is 0.911. The van der Waals surface area contributed by atoms with E-state index in [1.54, 1.807) is 11.3 Å². The number of hydrogen-bond donors (Lipinski definition) is 0. The SMILES string of the molecule is CCCCN(CCCCc1nc(CCl)cs1)C1CC1. The molecule has 2 rings (SSSR count). The van der Waals surface area contributed by atoms with Crippen LogP contribution in [0.2, 0.25) is 0 Å². The van der Waals surface area contributed by atoms with Crippen LogP contribution in [-0.4, -0.2) is 29.0 Å². The van der Waals surface area contributed by atoms with E-state index < -0.39 is 0 Å². The Bertz CT molecular complexity index is 363. The normalized spacial score (nSPS) is 15.3. The number of thiazole rings is 1. The maximum atomic E-state index is 5.77. The lowest BCUT2D eigenvalue weighted by atomic mass is 10.2. The third-order valence-electron chi connectivity index (χ3n) is 3.68. The molecule has 1 aliphatic carbocycles. The van der Waals surface area contributed by atoms with Gasteiger partial charge in [0.15, 0.2) is 0 Å². The summed E-state index contributed by atoms with van der Waals surface area (Å²) in [5.74, 6) is 0.545. The van der Waals surface area contributed by atoms with Crippen molar-refractivity contribution in [2.24, 2.45) is 0 Å². The fourth-order valence-electron chi connectivity index (χ4n) is 2.39. The van der Waals surface area contributed by atoms with Gasteiger partial charge in [-0.15, -0.1) is 22.9 Å². The van der Waals surface area contributed by atoms with E-state index in [9.17, 15) is 0 Å². The average Bonchev–Trinajstić information content (AvgIpc) is 3.17. The van der Waals surface area contributed by atoms with Gasteiger partial charge in [-0.2, -0.15) is 0 Å². The van der Waals surface area contributed by atoms with Crippen LogP contribution in [0.1, 0.15) is 56.2 Å². The number of hydrogen-bond acceptors (Lipinski definition) is 3. The molecule has 108 valence electrons. The zero-order valence-electron chi connectivity index (χ0n) is 11.9. The molecule has 0 aromatic carbocycles. The van der Waals surface area contributed by atoms with E-state index in [2.05, 4.69) is 22.2 Å². The second kappa shape index (κ2) is 8.23. The first-order chi connectivity index (χ1) is 9.33. The van der Waals surface area contributed by atoms with Gasteiger partial charge >= 0.3 is 0 Å².